The molecule has 2 bridgehead atoms. The fraction of sp³-hybridized carbons (Fsp3) is 0.296. The third-order valence-electron chi connectivity index (χ3n) is 7.53. The predicted octanol–water partition coefficient (Wildman–Crippen LogP) is 4.78. The molecule has 4 aliphatic rings. The van der Waals surface area contributed by atoms with Crippen LogP contribution >= 0.6 is 0 Å². The van der Waals surface area contributed by atoms with Crippen molar-refractivity contribution in [2.45, 2.75) is 26.7 Å². The van der Waals surface area contributed by atoms with E-state index in [1.807, 2.05) is 19.1 Å². The molecule has 0 N–H and O–H groups in total. The summed E-state index contributed by atoms with van der Waals surface area (Å²) in [6, 6.07) is 16.7. The zero-order valence-electron chi connectivity index (χ0n) is 18.2. The molecule has 1 aromatic heterocycles. The lowest BCUT2D eigenvalue weighted by atomic mass is 9.63. The van der Waals surface area contributed by atoms with Crippen molar-refractivity contribution in [3.63, 3.8) is 0 Å². The molecule has 0 radical (unpaired) electrons. The van der Waals surface area contributed by atoms with E-state index in [-0.39, 0.29) is 35.5 Å². The van der Waals surface area contributed by atoms with Crippen LogP contribution in [0.3, 0.4) is 0 Å². The van der Waals surface area contributed by atoms with E-state index in [0.717, 1.165) is 40.5 Å². The van der Waals surface area contributed by atoms with Crippen LogP contribution in [-0.4, -0.2) is 27.6 Å². The van der Waals surface area contributed by atoms with Gasteiger partial charge < -0.3 is 4.57 Å². The average molecular weight is 424 g/mol. The van der Waals surface area contributed by atoms with Gasteiger partial charge in [-0.15, -0.1) is 0 Å². The monoisotopic (exact) mass is 423 g/mol. The minimum atomic E-state index is -0.230. The summed E-state index contributed by atoms with van der Waals surface area (Å²) in [6.45, 7) is 4.11. The van der Waals surface area contributed by atoms with Crippen LogP contribution in [0.15, 0.2) is 65.8 Å². The van der Waals surface area contributed by atoms with Gasteiger partial charge in [-0.05, 0) is 56.0 Å². The first kappa shape index (κ1) is 19.2. The van der Waals surface area contributed by atoms with Crippen molar-refractivity contribution in [1.82, 2.24) is 9.58 Å². The van der Waals surface area contributed by atoms with Crippen molar-refractivity contribution in [1.29, 1.82) is 0 Å². The molecule has 32 heavy (non-hydrogen) atoms. The van der Waals surface area contributed by atoms with Gasteiger partial charge in [-0.1, -0.05) is 48.6 Å². The summed E-state index contributed by atoms with van der Waals surface area (Å²) in [5, 5.41) is 7.92. The van der Waals surface area contributed by atoms with Crippen LogP contribution in [0.4, 0.5) is 0 Å². The van der Waals surface area contributed by atoms with E-state index in [1.54, 1.807) is 6.21 Å². The lowest BCUT2D eigenvalue weighted by Crippen LogP contribution is -2.38. The number of hydrogen-bond acceptors (Lipinski definition) is 3. The zero-order valence-corrected chi connectivity index (χ0v) is 18.2. The fourth-order valence-corrected chi connectivity index (χ4v) is 5.98. The second-order valence-electron chi connectivity index (χ2n) is 9.23. The summed E-state index contributed by atoms with van der Waals surface area (Å²) in [6.07, 6.45) is 7.92. The maximum absolute atomic E-state index is 13.0. The summed E-state index contributed by atoms with van der Waals surface area (Å²) in [7, 11) is 0. The van der Waals surface area contributed by atoms with Crippen molar-refractivity contribution >= 4 is 28.8 Å². The van der Waals surface area contributed by atoms with Gasteiger partial charge in [0.25, 0.3) is 11.8 Å². The number of amides is 2. The highest BCUT2D eigenvalue weighted by Crippen LogP contribution is 2.49. The SMILES string of the molecule is Cc1cc(/C=N\N2C(=O)[C@H]3[C@H](C2=O)[C@H]2C=C[C@H]3CC2)c(C)n1-c1cccc2ccccc12. The van der Waals surface area contributed by atoms with E-state index >= 15 is 0 Å². The van der Waals surface area contributed by atoms with Crippen molar-refractivity contribution in [2.24, 2.45) is 28.8 Å². The van der Waals surface area contributed by atoms with Crippen LogP contribution in [0, 0.1) is 37.5 Å². The Hall–Kier alpha value is -3.47. The number of allylic oxidation sites excluding steroid dienone is 2. The van der Waals surface area contributed by atoms with Crippen molar-refractivity contribution < 1.29 is 9.59 Å². The second kappa shape index (κ2) is 7.02. The van der Waals surface area contributed by atoms with Gasteiger partial charge in [0.05, 0.1) is 23.7 Å². The van der Waals surface area contributed by atoms with Crippen LogP contribution in [0.5, 0.6) is 0 Å². The molecule has 2 amide bonds. The Morgan fingerprint density at radius 1 is 0.906 bits per heavy atom. The molecule has 3 aromatic rings. The van der Waals surface area contributed by atoms with E-state index in [2.05, 4.69) is 65.1 Å². The van der Waals surface area contributed by atoms with Crippen molar-refractivity contribution in [2.75, 3.05) is 0 Å². The Balaban J connectivity index is 1.35. The fourth-order valence-electron chi connectivity index (χ4n) is 5.98. The van der Waals surface area contributed by atoms with E-state index in [9.17, 15) is 9.59 Å². The largest absolute Gasteiger partial charge is 0.317 e. The Kier molecular flexibility index (Phi) is 4.22. The standard InChI is InChI=1S/C27H25N3O2/c1-16-14-21(17(2)29(16)23-9-5-7-18-6-3-4-8-22(18)23)15-28-30-26(31)24-19-10-11-20(13-12-19)25(24)27(30)32/h3-11,14-15,19-20,24-25H,12-13H2,1-2H3/b28-15-/t19-,20-,24+,25+/m0/s1. The molecule has 160 valence electrons. The number of imide groups is 1. The number of rotatable bonds is 3. The first-order chi connectivity index (χ1) is 15.5. The number of fused-ring (bicyclic) bond motifs is 2. The van der Waals surface area contributed by atoms with E-state index < -0.39 is 0 Å². The van der Waals surface area contributed by atoms with Crippen LogP contribution < -0.4 is 0 Å². The molecule has 0 unspecified atom stereocenters. The number of hydrogen-bond donors (Lipinski definition) is 0. The minimum absolute atomic E-state index is 0.141. The second-order valence-corrected chi connectivity index (χ2v) is 9.23. The molecular weight excluding hydrogens is 398 g/mol. The van der Waals surface area contributed by atoms with Gasteiger partial charge in [-0.25, -0.2) is 0 Å². The molecule has 5 nitrogen and oxygen atoms in total. The van der Waals surface area contributed by atoms with Gasteiger partial charge in [-0.3, -0.25) is 9.59 Å². The number of benzene rings is 2. The van der Waals surface area contributed by atoms with E-state index in [4.69, 9.17) is 0 Å². The summed E-state index contributed by atoms with van der Waals surface area (Å²) < 4.78 is 2.21. The third kappa shape index (κ3) is 2.67. The number of hydrazone groups is 1. The molecule has 2 heterocycles. The topological polar surface area (TPSA) is 54.7 Å². The highest BCUT2D eigenvalue weighted by Gasteiger charge is 2.56. The number of aryl methyl sites for hydroxylation is 1. The lowest BCUT2D eigenvalue weighted by Gasteiger charge is -2.37. The summed E-state index contributed by atoms with van der Waals surface area (Å²) >= 11 is 0. The molecule has 0 spiro atoms. The van der Waals surface area contributed by atoms with Crippen LogP contribution in [0.25, 0.3) is 16.5 Å². The maximum Gasteiger partial charge on any atom is 0.254 e. The Morgan fingerprint density at radius 3 is 2.25 bits per heavy atom. The van der Waals surface area contributed by atoms with Gasteiger partial charge in [0.15, 0.2) is 0 Å². The molecule has 1 saturated carbocycles. The third-order valence-corrected chi connectivity index (χ3v) is 7.53. The summed E-state index contributed by atoms with van der Waals surface area (Å²) in [4.78, 5) is 26.1. The number of aromatic nitrogens is 1. The Labute approximate surface area is 187 Å². The first-order valence-corrected chi connectivity index (χ1v) is 11.3. The van der Waals surface area contributed by atoms with Gasteiger partial charge >= 0.3 is 0 Å². The lowest BCUT2D eigenvalue weighted by molar-refractivity contribution is -0.140. The average Bonchev–Trinajstić information content (AvgIpc) is 3.26. The predicted molar refractivity (Wildman–Crippen MR) is 125 cm³/mol. The molecule has 3 aliphatic carbocycles. The van der Waals surface area contributed by atoms with E-state index in [1.165, 1.54) is 10.8 Å². The molecule has 7 rings (SSSR count). The van der Waals surface area contributed by atoms with Crippen LogP contribution in [0.1, 0.15) is 29.8 Å². The molecule has 2 fully saturated rings. The van der Waals surface area contributed by atoms with Crippen LogP contribution in [-0.2, 0) is 9.59 Å². The van der Waals surface area contributed by atoms with Crippen molar-refractivity contribution in [3.8, 4) is 5.69 Å². The normalized spacial score (nSPS) is 26.6. The molecular formula is C27H25N3O2. The highest BCUT2D eigenvalue weighted by atomic mass is 16.2. The smallest absolute Gasteiger partial charge is 0.254 e. The molecule has 2 aromatic carbocycles. The maximum atomic E-state index is 13.0. The zero-order chi connectivity index (χ0) is 22.0. The quantitative estimate of drug-likeness (QED) is 0.346. The summed E-state index contributed by atoms with van der Waals surface area (Å²) in [5.41, 5.74) is 4.13. The Bertz CT molecular complexity index is 1290. The summed E-state index contributed by atoms with van der Waals surface area (Å²) in [5.74, 6) is -0.384. The Morgan fingerprint density at radius 2 is 1.56 bits per heavy atom. The minimum Gasteiger partial charge on any atom is -0.317 e. The highest BCUT2D eigenvalue weighted by molar-refractivity contribution is 6.06. The molecule has 5 heteroatoms. The first-order valence-electron chi connectivity index (χ1n) is 11.3. The molecule has 4 atom stereocenters. The van der Waals surface area contributed by atoms with Gasteiger partial charge in [0.1, 0.15) is 0 Å². The number of nitrogens with zero attached hydrogens (tertiary/aromatic N) is 3. The molecule has 1 saturated heterocycles. The van der Waals surface area contributed by atoms with Crippen LogP contribution in [0.2, 0.25) is 0 Å². The van der Waals surface area contributed by atoms with Gasteiger partial charge in [-0.2, -0.15) is 10.1 Å². The molecule has 1 aliphatic heterocycles. The number of carbonyl (C=O) groups excluding carboxylic acids is 2. The van der Waals surface area contributed by atoms with Crippen molar-refractivity contribution in [3.05, 3.63) is 77.6 Å². The van der Waals surface area contributed by atoms with E-state index in [0.29, 0.717) is 0 Å². The van der Waals surface area contributed by atoms with Gasteiger partial charge in [0.2, 0.25) is 0 Å². The number of carbonyl (C=O) groups is 2. The van der Waals surface area contributed by atoms with Gasteiger partial charge in [0, 0.05) is 22.3 Å².